The van der Waals surface area contributed by atoms with Crippen LogP contribution in [-0.2, 0) is 9.59 Å². The van der Waals surface area contributed by atoms with E-state index in [4.69, 9.17) is 5.73 Å². The fraction of sp³-hybridized carbons (Fsp3) is 0.500. The third kappa shape index (κ3) is 3.74. The number of likely N-dealkylation sites (tertiary alicyclic amines) is 1. The van der Waals surface area contributed by atoms with E-state index >= 15 is 0 Å². The predicted molar refractivity (Wildman–Crippen MR) is 83.7 cm³/mol. The first-order chi connectivity index (χ1) is 9.86. The van der Waals surface area contributed by atoms with Gasteiger partial charge in [-0.1, -0.05) is 19.9 Å². The minimum Gasteiger partial charge on any atom is -0.397 e. The van der Waals surface area contributed by atoms with E-state index in [1.165, 1.54) is 0 Å². The third-order valence-corrected chi connectivity index (χ3v) is 3.81. The fourth-order valence-corrected chi connectivity index (χ4v) is 2.94. The van der Waals surface area contributed by atoms with Crippen LogP contribution in [0.1, 0.15) is 25.8 Å². The number of piperidine rings is 1. The molecular formula is C16H23N3O2. The molecule has 0 saturated carbocycles. The van der Waals surface area contributed by atoms with Crippen molar-refractivity contribution in [2.75, 3.05) is 24.1 Å². The summed E-state index contributed by atoms with van der Waals surface area (Å²) in [7, 11) is 0. The van der Waals surface area contributed by atoms with Gasteiger partial charge in [-0.3, -0.25) is 9.59 Å². The van der Waals surface area contributed by atoms with Crippen molar-refractivity contribution >= 4 is 23.2 Å². The highest BCUT2D eigenvalue weighted by Crippen LogP contribution is 2.22. The molecule has 0 aliphatic carbocycles. The second-order valence-electron chi connectivity index (χ2n) is 6.20. The smallest absolute Gasteiger partial charge is 0.313 e. The van der Waals surface area contributed by atoms with Crippen LogP contribution < -0.4 is 11.1 Å². The number of anilines is 2. The summed E-state index contributed by atoms with van der Waals surface area (Å²) >= 11 is 0. The summed E-state index contributed by atoms with van der Waals surface area (Å²) < 4.78 is 0. The molecule has 2 rings (SSSR count). The molecule has 0 aromatic heterocycles. The number of aryl methyl sites for hydroxylation is 1. The number of nitrogen functional groups attached to an aromatic ring is 1. The van der Waals surface area contributed by atoms with Gasteiger partial charge < -0.3 is 16.0 Å². The summed E-state index contributed by atoms with van der Waals surface area (Å²) in [5, 5.41) is 2.61. The van der Waals surface area contributed by atoms with Gasteiger partial charge in [0.25, 0.3) is 0 Å². The fourth-order valence-electron chi connectivity index (χ4n) is 2.94. The van der Waals surface area contributed by atoms with Gasteiger partial charge in [-0.15, -0.1) is 0 Å². The number of carbonyl (C=O) groups is 2. The summed E-state index contributed by atoms with van der Waals surface area (Å²) in [6.45, 7) is 7.40. The Balaban J connectivity index is 2.04. The molecule has 5 nitrogen and oxygen atoms in total. The first-order valence-electron chi connectivity index (χ1n) is 7.33. The number of hydrogen-bond donors (Lipinski definition) is 2. The lowest BCUT2D eigenvalue weighted by Gasteiger charge is -2.34. The van der Waals surface area contributed by atoms with E-state index in [1.54, 1.807) is 17.0 Å². The summed E-state index contributed by atoms with van der Waals surface area (Å²) in [5.41, 5.74) is 7.81. The van der Waals surface area contributed by atoms with Gasteiger partial charge in [-0.2, -0.15) is 0 Å². The maximum absolute atomic E-state index is 12.2. The molecule has 1 aromatic carbocycles. The number of nitrogens with two attached hydrogens (primary N) is 1. The molecule has 1 fully saturated rings. The van der Waals surface area contributed by atoms with Crippen LogP contribution in [0.2, 0.25) is 0 Å². The van der Waals surface area contributed by atoms with Crippen molar-refractivity contribution in [3.05, 3.63) is 23.8 Å². The van der Waals surface area contributed by atoms with Gasteiger partial charge in [0.2, 0.25) is 0 Å². The lowest BCUT2D eigenvalue weighted by Crippen LogP contribution is -2.47. The van der Waals surface area contributed by atoms with Gasteiger partial charge in [-0.05, 0) is 42.9 Å². The topological polar surface area (TPSA) is 75.4 Å². The third-order valence-electron chi connectivity index (χ3n) is 3.81. The normalized spacial score (nSPS) is 22.0. The van der Waals surface area contributed by atoms with Gasteiger partial charge in [0, 0.05) is 13.1 Å². The van der Waals surface area contributed by atoms with Crippen LogP contribution in [0.4, 0.5) is 11.4 Å². The Kier molecular flexibility index (Phi) is 4.50. The van der Waals surface area contributed by atoms with Crippen molar-refractivity contribution in [3.63, 3.8) is 0 Å². The van der Waals surface area contributed by atoms with Crippen LogP contribution in [0.5, 0.6) is 0 Å². The molecule has 1 saturated heterocycles. The molecule has 114 valence electrons. The molecule has 0 radical (unpaired) electrons. The van der Waals surface area contributed by atoms with E-state index in [9.17, 15) is 9.59 Å². The molecule has 2 atom stereocenters. The Hall–Kier alpha value is -2.04. The van der Waals surface area contributed by atoms with Crippen LogP contribution in [-0.4, -0.2) is 29.8 Å². The molecular weight excluding hydrogens is 266 g/mol. The average molecular weight is 289 g/mol. The minimum atomic E-state index is -0.619. The van der Waals surface area contributed by atoms with E-state index in [-0.39, 0.29) is 0 Å². The zero-order valence-corrected chi connectivity index (χ0v) is 12.8. The second kappa shape index (κ2) is 6.16. The van der Waals surface area contributed by atoms with Gasteiger partial charge in [0.05, 0.1) is 11.4 Å². The number of rotatable bonds is 1. The Morgan fingerprint density at radius 2 is 1.86 bits per heavy atom. The zero-order valence-electron chi connectivity index (χ0n) is 12.8. The van der Waals surface area contributed by atoms with Crippen LogP contribution >= 0.6 is 0 Å². The van der Waals surface area contributed by atoms with Gasteiger partial charge in [0.1, 0.15) is 0 Å². The molecule has 2 amide bonds. The van der Waals surface area contributed by atoms with Crippen molar-refractivity contribution in [2.24, 2.45) is 11.8 Å². The quantitative estimate of drug-likeness (QED) is 0.613. The largest absolute Gasteiger partial charge is 0.397 e. The van der Waals surface area contributed by atoms with Crippen LogP contribution in [0.25, 0.3) is 0 Å². The summed E-state index contributed by atoms with van der Waals surface area (Å²) in [5.74, 6) is -0.245. The number of amides is 2. The second-order valence-corrected chi connectivity index (χ2v) is 6.20. The lowest BCUT2D eigenvalue weighted by molar-refractivity contribution is -0.144. The Morgan fingerprint density at radius 1 is 1.24 bits per heavy atom. The Morgan fingerprint density at radius 3 is 2.43 bits per heavy atom. The molecule has 1 heterocycles. The van der Waals surface area contributed by atoms with Crippen LogP contribution in [0.3, 0.4) is 0 Å². The van der Waals surface area contributed by atoms with Gasteiger partial charge in [0.15, 0.2) is 0 Å². The number of hydrogen-bond acceptors (Lipinski definition) is 3. The van der Waals surface area contributed by atoms with Crippen molar-refractivity contribution in [2.45, 2.75) is 27.2 Å². The molecule has 5 heteroatoms. The Labute approximate surface area is 125 Å². The molecule has 1 aliphatic heterocycles. The first kappa shape index (κ1) is 15.4. The average Bonchev–Trinajstić information content (AvgIpc) is 2.40. The van der Waals surface area contributed by atoms with Crippen LogP contribution in [0.15, 0.2) is 18.2 Å². The van der Waals surface area contributed by atoms with E-state index in [0.29, 0.717) is 36.3 Å². The van der Waals surface area contributed by atoms with Crippen molar-refractivity contribution in [1.29, 1.82) is 0 Å². The van der Waals surface area contributed by atoms with Gasteiger partial charge in [-0.25, -0.2) is 0 Å². The highest BCUT2D eigenvalue weighted by atomic mass is 16.2. The van der Waals surface area contributed by atoms with Crippen molar-refractivity contribution in [1.82, 2.24) is 4.90 Å². The highest BCUT2D eigenvalue weighted by Gasteiger charge is 2.29. The van der Waals surface area contributed by atoms with E-state index in [0.717, 1.165) is 12.0 Å². The number of benzene rings is 1. The SMILES string of the molecule is Cc1ccc(NC(=O)C(=O)N2CC(C)CC(C)C2)c(N)c1. The standard InChI is InChI=1S/C16H23N3O2/c1-10-4-5-14(13(17)7-10)18-15(20)16(21)19-8-11(2)6-12(3)9-19/h4-5,7,11-12H,6,8-9,17H2,1-3H3,(H,18,20). The van der Waals surface area contributed by atoms with E-state index in [1.807, 2.05) is 13.0 Å². The van der Waals surface area contributed by atoms with Crippen molar-refractivity contribution < 1.29 is 9.59 Å². The van der Waals surface area contributed by atoms with Crippen molar-refractivity contribution in [3.8, 4) is 0 Å². The molecule has 0 spiro atoms. The first-order valence-corrected chi connectivity index (χ1v) is 7.33. The van der Waals surface area contributed by atoms with Crippen LogP contribution in [0, 0.1) is 18.8 Å². The lowest BCUT2D eigenvalue weighted by atomic mass is 9.92. The Bertz CT molecular complexity index is 546. The maximum atomic E-state index is 12.2. The van der Waals surface area contributed by atoms with E-state index in [2.05, 4.69) is 19.2 Å². The van der Waals surface area contributed by atoms with Gasteiger partial charge >= 0.3 is 11.8 Å². The summed E-state index contributed by atoms with van der Waals surface area (Å²) in [6, 6.07) is 5.34. The predicted octanol–water partition coefficient (Wildman–Crippen LogP) is 2.02. The number of carbonyl (C=O) groups excluding carboxylic acids is 2. The van der Waals surface area contributed by atoms with E-state index < -0.39 is 11.8 Å². The highest BCUT2D eigenvalue weighted by molar-refractivity contribution is 6.39. The minimum absolute atomic E-state index is 0.426. The molecule has 3 N–H and O–H groups in total. The summed E-state index contributed by atoms with van der Waals surface area (Å²) in [4.78, 5) is 26.0. The monoisotopic (exact) mass is 289 g/mol. The maximum Gasteiger partial charge on any atom is 0.313 e. The number of nitrogens with one attached hydrogen (secondary N) is 1. The molecule has 1 aromatic rings. The zero-order chi connectivity index (χ0) is 15.6. The molecule has 1 aliphatic rings. The molecule has 0 bridgehead atoms. The number of nitrogens with zero attached hydrogens (tertiary/aromatic N) is 1. The molecule has 2 unspecified atom stereocenters. The molecule has 21 heavy (non-hydrogen) atoms. The summed E-state index contributed by atoms with van der Waals surface area (Å²) in [6.07, 6.45) is 1.09.